The number of aryl methyl sites for hydroxylation is 2. The Morgan fingerprint density at radius 3 is 2.48 bits per heavy atom. The summed E-state index contributed by atoms with van der Waals surface area (Å²) in [5.74, 6) is -0.518. The van der Waals surface area contributed by atoms with Crippen LogP contribution in [0.2, 0.25) is 0 Å². The van der Waals surface area contributed by atoms with Gasteiger partial charge in [0, 0.05) is 0 Å². The van der Waals surface area contributed by atoms with Gasteiger partial charge in [-0.1, -0.05) is 12.1 Å². The Morgan fingerprint density at radius 2 is 1.90 bits per heavy atom. The number of amides is 1. The van der Waals surface area contributed by atoms with Crippen molar-refractivity contribution in [3.05, 3.63) is 45.4 Å². The summed E-state index contributed by atoms with van der Waals surface area (Å²) in [6.45, 7) is 3.42. The maximum absolute atomic E-state index is 12.8. The molecule has 21 heavy (non-hydrogen) atoms. The maximum atomic E-state index is 12.8. The average Bonchev–Trinajstić information content (AvgIpc) is 2.74. The van der Waals surface area contributed by atoms with E-state index < -0.39 is 17.6 Å². The van der Waals surface area contributed by atoms with E-state index in [9.17, 15) is 18.0 Å². The minimum atomic E-state index is -4.49. The van der Waals surface area contributed by atoms with E-state index in [-0.39, 0.29) is 5.69 Å². The molecular weight excluding hydrogens is 303 g/mol. The van der Waals surface area contributed by atoms with E-state index in [1.54, 1.807) is 13.8 Å². The van der Waals surface area contributed by atoms with Crippen molar-refractivity contribution in [2.75, 3.05) is 5.43 Å². The molecule has 0 saturated carbocycles. The third-order valence-electron chi connectivity index (χ3n) is 2.65. The number of nitrogens with zero attached hydrogens (tertiary/aromatic N) is 1. The van der Waals surface area contributed by atoms with Crippen LogP contribution in [0, 0.1) is 13.8 Å². The van der Waals surface area contributed by atoms with Gasteiger partial charge in [0.1, 0.15) is 4.88 Å². The van der Waals surface area contributed by atoms with Gasteiger partial charge in [-0.05, 0) is 26.0 Å². The molecule has 4 nitrogen and oxygen atoms in total. The van der Waals surface area contributed by atoms with Crippen molar-refractivity contribution in [3.63, 3.8) is 0 Å². The van der Waals surface area contributed by atoms with E-state index >= 15 is 0 Å². The number of aromatic nitrogens is 1. The minimum absolute atomic E-state index is 0.211. The number of nitrogens with one attached hydrogen (secondary N) is 2. The van der Waals surface area contributed by atoms with Gasteiger partial charge in [0.2, 0.25) is 0 Å². The van der Waals surface area contributed by atoms with Crippen LogP contribution >= 0.6 is 11.3 Å². The number of carbonyl (C=O) groups is 1. The summed E-state index contributed by atoms with van der Waals surface area (Å²) in [6, 6.07) is 4.92. The second kappa shape index (κ2) is 5.72. The number of hydrogen-bond donors (Lipinski definition) is 2. The van der Waals surface area contributed by atoms with Crippen LogP contribution in [0.5, 0.6) is 0 Å². The number of hydrazine groups is 1. The van der Waals surface area contributed by atoms with Crippen LogP contribution in [0.4, 0.5) is 18.9 Å². The topological polar surface area (TPSA) is 54.0 Å². The molecule has 2 rings (SSSR count). The molecule has 112 valence electrons. The molecule has 2 N–H and O–H groups in total. The van der Waals surface area contributed by atoms with Crippen LogP contribution in [0.1, 0.15) is 25.9 Å². The number of hydrogen-bond acceptors (Lipinski definition) is 4. The van der Waals surface area contributed by atoms with Gasteiger partial charge in [0.25, 0.3) is 5.91 Å². The highest BCUT2D eigenvalue weighted by molar-refractivity contribution is 7.13. The van der Waals surface area contributed by atoms with Crippen molar-refractivity contribution in [1.82, 2.24) is 10.4 Å². The normalized spacial score (nSPS) is 11.3. The third kappa shape index (κ3) is 3.52. The molecule has 0 radical (unpaired) electrons. The zero-order valence-corrected chi connectivity index (χ0v) is 12.0. The highest BCUT2D eigenvalue weighted by Crippen LogP contribution is 2.34. The molecule has 8 heteroatoms. The maximum Gasteiger partial charge on any atom is 0.418 e. The largest absolute Gasteiger partial charge is 0.418 e. The predicted molar refractivity (Wildman–Crippen MR) is 74.1 cm³/mol. The molecule has 0 fully saturated rings. The number of carbonyl (C=O) groups excluding carboxylic acids is 1. The number of benzene rings is 1. The first-order valence-corrected chi connectivity index (χ1v) is 6.77. The van der Waals surface area contributed by atoms with Gasteiger partial charge in [-0.3, -0.25) is 15.6 Å². The molecule has 0 saturated heterocycles. The summed E-state index contributed by atoms with van der Waals surface area (Å²) < 4.78 is 38.4. The third-order valence-corrected chi connectivity index (χ3v) is 3.72. The fraction of sp³-hybridized carbons (Fsp3) is 0.231. The summed E-state index contributed by atoms with van der Waals surface area (Å²) in [5, 5.41) is 0.716. The van der Waals surface area contributed by atoms with Gasteiger partial charge >= 0.3 is 6.18 Å². The first-order valence-electron chi connectivity index (χ1n) is 5.95. The van der Waals surface area contributed by atoms with E-state index in [2.05, 4.69) is 15.8 Å². The number of thiazole rings is 1. The van der Waals surface area contributed by atoms with E-state index in [0.717, 1.165) is 6.07 Å². The van der Waals surface area contributed by atoms with Crippen LogP contribution in [-0.4, -0.2) is 10.9 Å². The molecule has 0 spiro atoms. The Balaban J connectivity index is 2.14. The number of rotatable bonds is 3. The van der Waals surface area contributed by atoms with Crippen molar-refractivity contribution in [1.29, 1.82) is 0 Å². The van der Waals surface area contributed by atoms with E-state index in [4.69, 9.17) is 0 Å². The number of halogens is 3. The first-order chi connectivity index (χ1) is 9.79. The Labute approximate surface area is 123 Å². The summed E-state index contributed by atoms with van der Waals surface area (Å²) in [7, 11) is 0. The van der Waals surface area contributed by atoms with Crippen LogP contribution in [0.25, 0.3) is 0 Å². The quantitative estimate of drug-likeness (QED) is 0.852. The summed E-state index contributed by atoms with van der Waals surface area (Å²) in [6.07, 6.45) is -4.49. The fourth-order valence-electron chi connectivity index (χ4n) is 1.76. The van der Waals surface area contributed by atoms with E-state index in [1.165, 1.54) is 29.5 Å². The number of anilines is 1. The predicted octanol–water partition coefficient (Wildman–Crippen LogP) is 3.54. The molecule has 0 atom stereocenters. The Kier molecular flexibility index (Phi) is 4.17. The molecule has 0 aliphatic rings. The van der Waals surface area contributed by atoms with Gasteiger partial charge in [-0.15, -0.1) is 11.3 Å². The zero-order chi connectivity index (χ0) is 15.6. The van der Waals surface area contributed by atoms with Crippen molar-refractivity contribution in [2.45, 2.75) is 20.0 Å². The molecule has 0 bridgehead atoms. The summed E-state index contributed by atoms with van der Waals surface area (Å²) >= 11 is 1.18. The van der Waals surface area contributed by atoms with Gasteiger partial charge in [-0.2, -0.15) is 13.2 Å². The zero-order valence-electron chi connectivity index (χ0n) is 11.2. The molecule has 1 heterocycles. The molecule has 0 aliphatic carbocycles. The molecule has 0 unspecified atom stereocenters. The lowest BCUT2D eigenvalue weighted by molar-refractivity contribution is -0.137. The number of alkyl halides is 3. The minimum Gasteiger partial charge on any atom is -0.298 e. The van der Waals surface area contributed by atoms with Gasteiger partial charge < -0.3 is 0 Å². The van der Waals surface area contributed by atoms with Crippen molar-refractivity contribution in [3.8, 4) is 0 Å². The lowest BCUT2D eigenvalue weighted by atomic mass is 10.2. The molecular formula is C13H12F3N3OS. The van der Waals surface area contributed by atoms with Crippen LogP contribution in [0.15, 0.2) is 24.3 Å². The standard InChI is InChI=1S/C13H12F3N3OS/c1-7-11(21-8(2)17-7)12(20)19-18-10-6-4-3-5-9(10)13(14,15)16/h3-6,18H,1-2H3,(H,19,20). The molecule has 2 aromatic rings. The smallest absolute Gasteiger partial charge is 0.298 e. The van der Waals surface area contributed by atoms with Crippen molar-refractivity contribution < 1.29 is 18.0 Å². The SMILES string of the molecule is Cc1nc(C)c(C(=O)NNc2ccccc2C(F)(F)F)s1. The average molecular weight is 315 g/mol. The van der Waals surface area contributed by atoms with Crippen molar-refractivity contribution in [2.24, 2.45) is 0 Å². The fourth-order valence-corrected chi connectivity index (χ4v) is 2.58. The van der Waals surface area contributed by atoms with Crippen LogP contribution < -0.4 is 10.9 Å². The summed E-state index contributed by atoms with van der Waals surface area (Å²) in [4.78, 5) is 16.4. The Hall–Kier alpha value is -2.09. The molecule has 1 aromatic heterocycles. The van der Waals surface area contributed by atoms with Gasteiger partial charge in [0.15, 0.2) is 0 Å². The number of para-hydroxylation sites is 1. The highest BCUT2D eigenvalue weighted by atomic mass is 32.1. The summed E-state index contributed by atoms with van der Waals surface area (Å²) in [5.41, 5.74) is 4.06. The lowest BCUT2D eigenvalue weighted by Crippen LogP contribution is -2.30. The monoisotopic (exact) mass is 315 g/mol. The van der Waals surface area contributed by atoms with Crippen LogP contribution in [0.3, 0.4) is 0 Å². The first kappa shape index (κ1) is 15.3. The van der Waals surface area contributed by atoms with E-state index in [0.29, 0.717) is 15.6 Å². The highest BCUT2D eigenvalue weighted by Gasteiger charge is 2.33. The molecule has 1 aromatic carbocycles. The molecule has 1 amide bonds. The van der Waals surface area contributed by atoms with Crippen LogP contribution in [-0.2, 0) is 6.18 Å². The van der Waals surface area contributed by atoms with Gasteiger partial charge in [-0.25, -0.2) is 4.98 Å². The lowest BCUT2D eigenvalue weighted by Gasteiger charge is -2.14. The Morgan fingerprint density at radius 1 is 1.24 bits per heavy atom. The Bertz CT molecular complexity index is 667. The second-order valence-corrected chi connectivity index (χ2v) is 5.47. The second-order valence-electron chi connectivity index (χ2n) is 4.27. The molecule has 0 aliphatic heterocycles. The van der Waals surface area contributed by atoms with Gasteiger partial charge in [0.05, 0.1) is 22.0 Å². The van der Waals surface area contributed by atoms with Crippen molar-refractivity contribution >= 4 is 22.9 Å². The van der Waals surface area contributed by atoms with E-state index in [1.807, 2.05) is 0 Å².